The van der Waals surface area contributed by atoms with Crippen LogP contribution in [0.15, 0.2) is 54.6 Å². The standard InChI is InChI=1S/C21H25NO4S/c1-22(18-11-12-27(24,25)15-18)21(23)20(13-16-7-4-3-5-8-16)17-9-6-10-19(14-17)26-2/h3-10,14,18,20H,11-13,15H2,1-2H3. The Morgan fingerprint density at radius 1 is 1.19 bits per heavy atom. The van der Waals surface area contributed by atoms with E-state index in [4.69, 9.17) is 4.74 Å². The Morgan fingerprint density at radius 3 is 2.56 bits per heavy atom. The third-order valence-electron chi connectivity index (χ3n) is 5.18. The maximum atomic E-state index is 13.3. The molecule has 2 atom stereocenters. The first-order valence-corrected chi connectivity index (χ1v) is 10.9. The van der Waals surface area contributed by atoms with Gasteiger partial charge in [0.05, 0.1) is 24.5 Å². The van der Waals surface area contributed by atoms with E-state index in [1.807, 2.05) is 54.6 Å². The minimum absolute atomic E-state index is 0.0470. The first-order valence-electron chi connectivity index (χ1n) is 9.04. The van der Waals surface area contributed by atoms with Gasteiger partial charge in [-0.05, 0) is 36.1 Å². The van der Waals surface area contributed by atoms with Crippen LogP contribution in [0.5, 0.6) is 5.75 Å². The van der Waals surface area contributed by atoms with E-state index in [0.717, 1.165) is 11.1 Å². The van der Waals surface area contributed by atoms with Crippen LogP contribution >= 0.6 is 0 Å². The normalized spacial score (nSPS) is 19.4. The van der Waals surface area contributed by atoms with E-state index in [1.54, 1.807) is 19.1 Å². The summed E-state index contributed by atoms with van der Waals surface area (Å²) in [4.78, 5) is 15.0. The van der Waals surface area contributed by atoms with Gasteiger partial charge in [0.25, 0.3) is 0 Å². The molecular weight excluding hydrogens is 362 g/mol. The van der Waals surface area contributed by atoms with Crippen LogP contribution in [0.1, 0.15) is 23.5 Å². The Morgan fingerprint density at radius 2 is 1.93 bits per heavy atom. The van der Waals surface area contributed by atoms with Crippen molar-refractivity contribution >= 4 is 15.7 Å². The number of carbonyl (C=O) groups excluding carboxylic acids is 1. The lowest BCUT2D eigenvalue weighted by Gasteiger charge is -2.28. The smallest absolute Gasteiger partial charge is 0.230 e. The second-order valence-electron chi connectivity index (χ2n) is 7.02. The highest BCUT2D eigenvalue weighted by atomic mass is 32.2. The predicted molar refractivity (Wildman–Crippen MR) is 106 cm³/mol. The van der Waals surface area contributed by atoms with Gasteiger partial charge in [0, 0.05) is 13.1 Å². The van der Waals surface area contributed by atoms with Crippen molar-refractivity contribution in [1.82, 2.24) is 4.90 Å². The average molecular weight is 388 g/mol. The van der Waals surface area contributed by atoms with Crippen molar-refractivity contribution in [3.63, 3.8) is 0 Å². The van der Waals surface area contributed by atoms with Crippen LogP contribution in [0.25, 0.3) is 0 Å². The van der Waals surface area contributed by atoms with E-state index < -0.39 is 15.8 Å². The molecule has 1 heterocycles. The monoisotopic (exact) mass is 387 g/mol. The van der Waals surface area contributed by atoms with Crippen molar-refractivity contribution in [1.29, 1.82) is 0 Å². The van der Waals surface area contributed by atoms with Gasteiger partial charge in [-0.2, -0.15) is 0 Å². The number of likely N-dealkylation sites (N-methyl/N-ethyl adjacent to an activating group) is 1. The molecule has 0 radical (unpaired) electrons. The summed E-state index contributed by atoms with van der Waals surface area (Å²) in [5, 5.41) is 0. The summed E-state index contributed by atoms with van der Waals surface area (Å²) in [6.07, 6.45) is 1.05. The first-order chi connectivity index (χ1) is 12.9. The Labute approximate surface area is 160 Å². The Kier molecular flexibility index (Phi) is 5.85. The number of benzene rings is 2. The van der Waals surface area contributed by atoms with Crippen LogP contribution in [0.2, 0.25) is 0 Å². The van der Waals surface area contributed by atoms with Crippen LogP contribution < -0.4 is 4.74 Å². The Hall–Kier alpha value is -2.34. The molecule has 0 N–H and O–H groups in total. The third kappa shape index (κ3) is 4.69. The maximum absolute atomic E-state index is 13.3. The fraction of sp³-hybridized carbons (Fsp3) is 0.381. The topological polar surface area (TPSA) is 63.7 Å². The zero-order chi connectivity index (χ0) is 19.4. The molecule has 2 unspecified atom stereocenters. The SMILES string of the molecule is COc1cccc(C(Cc2ccccc2)C(=O)N(C)C2CCS(=O)(=O)C2)c1. The number of rotatable bonds is 6. The highest BCUT2D eigenvalue weighted by Gasteiger charge is 2.35. The lowest BCUT2D eigenvalue weighted by Crippen LogP contribution is -2.41. The van der Waals surface area contributed by atoms with E-state index in [2.05, 4.69) is 0 Å². The number of ether oxygens (including phenoxy) is 1. The number of sulfone groups is 1. The van der Waals surface area contributed by atoms with Crippen molar-refractivity contribution < 1.29 is 17.9 Å². The highest BCUT2D eigenvalue weighted by molar-refractivity contribution is 7.91. The summed E-state index contributed by atoms with van der Waals surface area (Å²) in [7, 11) is 0.266. The number of hydrogen-bond donors (Lipinski definition) is 0. The van der Waals surface area contributed by atoms with Crippen LogP contribution in [0.4, 0.5) is 0 Å². The van der Waals surface area contributed by atoms with Gasteiger partial charge in [0.15, 0.2) is 9.84 Å². The number of carbonyl (C=O) groups is 1. The molecular formula is C21H25NO4S. The second-order valence-corrected chi connectivity index (χ2v) is 9.25. The molecule has 27 heavy (non-hydrogen) atoms. The van der Waals surface area contributed by atoms with E-state index in [9.17, 15) is 13.2 Å². The predicted octanol–water partition coefficient (Wildman–Crippen LogP) is 2.67. The van der Waals surface area contributed by atoms with Gasteiger partial charge >= 0.3 is 0 Å². The maximum Gasteiger partial charge on any atom is 0.230 e. The fourth-order valence-corrected chi connectivity index (χ4v) is 5.34. The molecule has 6 heteroatoms. The van der Waals surface area contributed by atoms with E-state index in [1.165, 1.54) is 0 Å². The van der Waals surface area contributed by atoms with Gasteiger partial charge in [-0.3, -0.25) is 4.79 Å². The summed E-state index contributed by atoms with van der Waals surface area (Å²) < 4.78 is 29.0. The van der Waals surface area contributed by atoms with Crippen molar-refractivity contribution in [2.24, 2.45) is 0 Å². The number of amides is 1. The summed E-state index contributed by atoms with van der Waals surface area (Å²) in [5.41, 5.74) is 1.93. The van der Waals surface area contributed by atoms with Gasteiger partial charge in [0.1, 0.15) is 5.75 Å². The largest absolute Gasteiger partial charge is 0.497 e. The minimum atomic E-state index is -3.05. The van der Waals surface area contributed by atoms with Gasteiger partial charge in [-0.15, -0.1) is 0 Å². The summed E-state index contributed by atoms with van der Waals surface area (Å²) in [6, 6.07) is 17.1. The molecule has 0 bridgehead atoms. The molecule has 1 aliphatic rings. The molecule has 1 fully saturated rings. The summed E-state index contributed by atoms with van der Waals surface area (Å²) in [5.74, 6) is 0.443. The lowest BCUT2D eigenvalue weighted by molar-refractivity contribution is -0.133. The van der Waals surface area contributed by atoms with Crippen LogP contribution in [-0.4, -0.2) is 50.9 Å². The van der Waals surface area contributed by atoms with E-state index in [0.29, 0.717) is 18.6 Å². The quantitative estimate of drug-likeness (QED) is 0.764. The molecule has 0 aliphatic carbocycles. The molecule has 3 rings (SSSR count). The van der Waals surface area contributed by atoms with E-state index in [-0.39, 0.29) is 23.5 Å². The molecule has 1 amide bonds. The second kappa shape index (κ2) is 8.13. The molecule has 2 aromatic carbocycles. The Balaban J connectivity index is 1.89. The zero-order valence-corrected chi connectivity index (χ0v) is 16.5. The third-order valence-corrected chi connectivity index (χ3v) is 6.93. The van der Waals surface area contributed by atoms with Crippen molar-refractivity contribution in [2.45, 2.75) is 24.8 Å². The van der Waals surface area contributed by atoms with Gasteiger partial charge in [0.2, 0.25) is 5.91 Å². The van der Waals surface area contributed by atoms with E-state index >= 15 is 0 Å². The zero-order valence-electron chi connectivity index (χ0n) is 15.7. The van der Waals surface area contributed by atoms with Crippen molar-refractivity contribution in [2.75, 3.05) is 25.7 Å². The van der Waals surface area contributed by atoms with Gasteiger partial charge in [-0.1, -0.05) is 42.5 Å². The first kappa shape index (κ1) is 19.4. The molecule has 2 aromatic rings. The lowest BCUT2D eigenvalue weighted by atomic mass is 9.90. The number of methoxy groups -OCH3 is 1. The van der Waals surface area contributed by atoms with Crippen molar-refractivity contribution in [3.05, 3.63) is 65.7 Å². The van der Waals surface area contributed by atoms with Crippen LogP contribution in [0, 0.1) is 0 Å². The Bertz CT molecular complexity index is 895. The number of hydrogen-bond acceptors (Lipinski definition) is 4. The molecule has 1 aliphatic heterocycles. The average Bonchev–Trinajstić information content (AvgIpc) is 3.05. The molecule has 0 saturated carbocycles. The molecule has 0 spiro atoms. The molecule has 144 valence electrons. The van der Waals surface area contributed by atoms with Gasteiger partial charge < -0.3 is 9.64 Å². The van der Waals surface area contributed by atoms with Crippen molar-refractivity contribution in [3.8, 4) is 5.75 Å². The summed E-state index contributed by atoms with van der Waals surface area (Å²) in [6.45, 7) is 0. The van der Waals surface area contributed by atoms with Crippen LogP contribution in [-0.2, 0) is 21.1 Å². The minimum Gasteiger partial charge on any atom is -0.497 e. The highest BCUT2D eigenvalue weighted by Crippen LogP contribution is 2.28. The van der Waals surface area contributed by atoms with Crippen LogP contribution in [0.3, 0.4) is 0 Å². The number of nitrogens with zero attached hydrogens (tertiary/aromatic N) is 1. The molecule has 1 saturated heterocycles. The fourth-order valence-electron chi connectivity index (χ4n) is 3.56. The summed E-state index contributed by atoms with van der Waals surface area (Å²) >= 11 is 0. The molecule has 5 nitrogen and oxygen atoms in total. The molecule has 0 aromatic heterocycles. The van der Waals surface area contributed by atoms with Gasteiger partial charge in [-0.25, -0.2) is 8.42 Å².